The number of carbonyl (C=O) groups is 2. The molecule has 142 valence electrons. The Kier molecular flexibility index (Phi) is 6.47. The van der Waals surface area contributed by atoms with Crippen molar-refractivity contribution in [3.8, 4) is 0 Å². The summed E-state index contributed by atoms with van der Waals surface area (Å²) in [6, 6.07) is 5.40. The second kappa shape index (κ2) is 8.22. The summed E-state index contributed by atoms with van der Waals surface area (Å²) in [6.45, 7) is 7.72. The van der Waals surface area contributed by atoms with Gasteiger partial charge in [0.05, 0.1) is 4.91 Å². The minimum absolute atomic E-state index is 0.0910. The number of carboxylic acids is 1. The number of piperazine rings is 1. The van der Waals surface area contributed by atoms with Crippen molar-refractivity contribution in [2.24, 2.45) is 0 Å². The highest BCUT2D eigenvalue weighted by atomic mass is 35.5. The molecule has 0 aliphatic carbocycles. The highest BCUT2D eigenvalue weighted by Crippen LogP contribution is 2.31. The van der Waals surface area contributed by atoms with Crippen LogP contribution in [0.5, 0.6) is 0 Å². The summed E-state index contributed by atoms with van der Waals surface area (Å²) in [5.41, 5.74) is 0.889. The number of benzene rings is 1. The van der Waals surface area contributed by atoms with Crippen LogP contribution in [0.2, 0.25) is 5.02 Å². The molecule has 1 saturated heterocycles. The number of nitrogens with zero attached hydrogens (tertiary/aromatic N) is 2. The van der Waals surface area contributed by atoms with Gasteiger partial charge in [0.1, 0.15) is 5.60 Å². The number of aliphatic carboxylic acids is 1. The van der Waals surface area contributed by atoms with Crippen LogP contribution in [0.1, 0.15) is 26.3 Å². The molecule has 2 rings (SSSR count). The number of hydrogen-bond donors (Lipinski definition) is 2. The number of rotatable bonds is 3. The standard InChI is InChI=1S/C18H23ClN2O4S/c1-18(2,3)25-17(24)21-9-7-20(8-10-21)14-6-4-5-13(19)12(14)11-15(26)16(22)23/h4-6,11,26H,7-10H2,1-3H3,(H,22,23)/b15-11-. The first-order valence-corrected chi connectivity index (χ1v) is 9.06. The number of anilines is 1. The molecule has 1 aromatic carbocycles. The monoisotopic (exact) mass is 398 g/mol. The maximum atomic E-state index is 12.2. The molecule has 0 bridgehead atoms. The summed E-state index contributed by atoms with van der Waals surface area (Å²) in [4.78, 5) is 26.9. The van der Waals surface area contributed by atoms with Gasteiger partial charge < -0.3 is 19.6 Å². The second-order valence-electron chi connectivity index (χ2n) is 6.96. The quantitative estimate of drug-likeness (QED) is 0.599. The predicted octanol–water partition coefficient (Wildman–Crippen LogP) is 3.75. The van der Waals surface area contributed by atoms with Crippen LogP contribution in [0, 0.1) is 0 Å². The van der Waals surface area contributed by atoms with Crippen molar-refractivity contribution in [2.45, 2.75) is 26.4 Å². The van der Waals surface area contributed by atoms with Crippen molar-refractivity contribution in [1.29, 1.82) is 0 Å². The van der Waals surface area contributed by atoms with Gasteiger partial charge >= 0.3 is 12.1 Å². The molecule has 6 nitrogen and oxygen atoms in total. The van der Waals surface area contributed by atoms with Crippen LogP contribution < -0.4 is 4.90 Å². The molecule has 1 aliphatic rings. The van der Waals surface area contributed by atoms with E-state index in [9.17, 15) is 9.59 Å². The van der Waals surface area contributed by atoms with Gasteiger partial charge in [-0.25, -0.2) is 9.59 Å². The Morgan fingerprint density at radius 1 is 1.23 bits per heavy atom. The largest absolute Gasteiger partial charge is 0.477 e. The van der Waals surface area contributed by atoms with E-state index < -0.39 is 11.6 Å². The minimum Gasteiger partial charge on any atom is -0.477 e. The lowest BCUT2D eigenvalue weighted by molar-refractivity contribution is -0.131. The Hall–Kier alpha value is -1.86. The zero-order valence-corrected chi connectivity index (χ0v) is 16.7. The third-order valence-electron chi connectivity index (χ3n) is 3.80. The lowest BCUT2D eigenvalue weighted by Crippen LogP contribution is -2.50. The summed E-state index contributed by atoms with van der Waals surface area (Å²) >= 11 is 10.3. The van der Waals surface area contributed by atoms with Crippen molar-refractivity contribution >= 4 is 48.1 Å². The van der Waals surface area contributed by atoms with E-state index in [1.807, 2.05) is 32.9 Å². The molecule has 0 aromatic heterocycles. The number of carboxylic acid groups (broad SMARTS) is 1. The van der Waals surface area contributed by atoms with Gasteiger partial charge in [-0.05, 0) is 39.0 Å². The zero-order valence-electron chi connectivity index (χ0n) is 15.0. The van der Waals surface area contributed by atoms with Crippen molar-refractivity contribution in [3.63, 3.8) is 0 Å². The maximum Gasteiger partial charge on any atom is 0.410 e. The van der Waals surface area contributed by atoms with Crippen LogP contribution in [-0.2, 0) is 9.53 Å². The first-order valence-electron chi connectivity index (χ1n) is 8.24. The minimum atomic E-state index is -1.12. The molecule has 26 heavy (non-hydrogen) atoms. The molecule has 0 unspecified atom stereocenters. The Bertz CT molecular complexity index is 722. The molecule has 0 saturated carbocycles. The van der Waals surface area contributed by atoms with Gasteiger partial charge in [-0.15, -0.1) is 12.6 Å². The van der Waals surface area contributed by atoms with E-state index >= 15 is 0 Å². The number of halogens is 1. The van der Waals surface area contributed by atoms with Crippen molar-refractivity contribution in [3.05, 3.63) is 33.7 Å². The van der Waals surface area contributed by atoms with Gasteiger partial charge in [0.15, 0.2) is 0 Å². The summed E-state index contributed by atoms with van der Waals surface area (Å²) in [7, 11) is 0. The summed E-state index contributed by atoms with van der Waals surface area (Å²) in [6.07, 6.45) is 1.12. The average molecular weight is 399 g/mol. The molecule has 1 heterocycles. The highest BCUT2D eigenvalue weighted by molar-refractivity contribution is 7.85. The second-order valence-corrected chi connectivity index (χ2v) is 7.85. The van der Waals surface area contributed by atoms with E-state index in [0.29, 0.717) is 36.8 Å². The normalized spacial score (nSPS) is 15.8. The van der Waals surface area contributed by atoms with Crippen LogP contribution >= 0.6 is 24.2 Å². The topological polar surface area (TPSA) is 70.1 Å². The van der Waals surface area contributed by atoms with Gasteiger partial charge in [-0.3, -0.25) is 0 Å². The Labute approximate surface area is 163 Å². The van der Waals surface area contributed by atoms with Crippen LogP contribution in [0.25, 0.3) is 6.08 Å². The fourth-order valence-corrected chi connectivity index (χ4v) is 2.95. The number of hydrogen-bond acceptors (Lipinski definition) is 5. The molecular formula is C18H23ClN2O4S. The van der Waals surface area contributed by atoms with Gasteiger partial charge in [0, 0.05) is 42.5 Å². The zero-order chi connectivity index (χ0) is 19.5. The fourth-order valence-electron chi connectivity index (χ4n) is 2.60. The number of amides is 1. The first-order chi connectivity index (χ1) is 12.1. The van der Waals surface area contributed by atoms with Crippen LogP contribution in [0.3, 0.4) is 0 Å². The molecule has 1 N–H and O–H groups in total. The average Bonchev–Trinajstić information content (AvgIpc) is 2.55. The lowest BCUT2D eigenvalue weighted by atomic mass is 10.1. The van der Waals surface area contributed by atoms with Crippen molar-refractivity contribution in [2.75, 3.05) is 31.1 Å². The first kappa shape index (κ1) is 20.5. The molecular weight excluding hydrogens is 376 g/mol. The van der Waals surface area contributed by atoms with Crippen LogP contribution in [-0.4, -0.2) is 53.8 Å². The molecule has 0 atom stereocenters. The predicted molar refractivity (Wildman–Crippen MR) is 106 cm³/mol. The van der Waals surface area contributed by atoms with Gasteiger partial charge in [0.25, 0.3) is 0 Å². The fraction of sp³-hybridized carbons (Fsp3) is 0.444. The van der Waals surface area contributed by atoms with Crippen molar-refractivity contribution < 1.29 is 19.4 Å². The molecule has 0 radical (unpaired) electrons. The Balaban J connectivity index is 2.15. The SMILES string of the molecule is CC(C)(C)OC(=O)N1CCN(c2cccc(Cl)c2/C=C(\S)C(=O)O)CC1. The van der Waals surface area contributed by atoms with E-state index in [2.05, 4.69) is 17.5 Å². The Morgan fingerprint density at radius 3 is 2.38 bits per heavy atom. The number of carbonyl (C=O) groups excluding carboxylic acids is 1. The van der Waals surface area contributed by atoms with E-state index in [1.54, 1.807) is 11.0 Å². The Morgan fingerprint density at radius 2 is 1.85 bits per heavy atom. The van der Waals surface area contributed by atoms with E-state index in [1.165, 1.54) is 6.08 Å². The highest BCUT2D eigenvalue weighted by Gasteiger charge is 2.26. The smallest absolute Gasteiger partial charge is 0.410 e. The lowest BCUT2D eigenvalue weighted by Gasteiger charge is -2.37. The summed E-state index contributed by atoms with van der Waals surface area (Å²) in [5, 5.41) is 9.51. The summed E-state index contributed by atoms with van der Waals surface area (Å²) in [5.74, 6) is -1.12. The van der Waals surface area contributed by atoms with E-state index in [-0.39, 0.29) is 11.0 Å². The van der Waals surface area contributed by atoms with E-state index in [0.717, 1.165) is 5.69 Å². The van der Waals surface area contributed by atoms with Crippen LogP contribution in [0.15, 0.2) is 23.1 Å². The van der Waals surface area contributed by atoms with E-state index in [4.69, 9.17) is 21.4 Å². The molecule has 1 aliphatic heterocycles. The number of ether oxygens (including phenoxy) is 1. The summed E-state index contributed by atoms with van der Waals surface area (Å²) < 4.78 is 5.40. The van der Waals surface area contributed by atoms with Crippen molar-refractivity contribution in [1.82, 2.24) is 4.90 Å². The molecule has 8 heteroatoms. The third-order valence-corrected chi connectivity index (χ3v) is 4.45. The van der Waals surface area contributed by atoms with Crippen LogP contribution in [0.4, 0.5) is 10.5 Å². The molecule has 1 aromatic rings. The third kappa shape index (κ3) is 5.32. The molecule has 1 amide bonds. The molecule has 0 spiro atoms. The number of thiol groups is 1. The van der Waals surface area contributed by atoms with Gasteiger partial charge in [0.2, 0.25) is 0 Å². The maximum absolute atomic E-state index is 12.2. The molecule has 1 fully saturated rings. The van der Waals surface area contributed by atoms with Gasteiger partial charge in [-0.2, -0.15) is 0 Å². The van der Waals surface area contributed by atoms with Gasteiger partial charge in [-0.1, -0.05) is 17.7 Å².